The lowest BCUT2D eigenvalue weighted by atomic mass is 10.1. The molecule has 0 radical (unpaired) electrons. The molecule has 47 heavy (non-hydrogen) atoms. The van der Waals surface area contributed by atoms with Crippen molar-refractivity contribution in [2.24, 2.45) is 0 Å². The summed E-state index contributed by atoms with van der Waals surface area (Å²) in [5.74, 6) is -0.384. The Morgan fingerprint density at radius 1 is 0.362 bits per heavy atom. The lowest BCUT2D eigenvalue weighted by Crippen LogP contribution is -2.27. The number of esters is 1. The summed E-state index contributed by atoms with van der Waals surface area (Å²) in [6.07, 6.45) is 7.66. The van der Waals surface area contributed by atoms with Crippen molar-refractivity contribution in [3.63, 3.8) is 0 Å². The number of hydrogen-bond donors (Lipinski definition) is 0. The molecule has 282 valence electrons. The third-order valence-corrected chi connectivity index (χ3v) is 6.00. The van der Waals surface area contributed by atoms with Gasteiger partial charge in [0.2, 0.25) is 0 Å². The van der Waals surface area contributed by atoms with E-state index in [1.54, 1.807) is 0 Å². The lowest BCUT2D eigenvalue weighted by Gasteiger charge is -2.19. The molecule has 0 amide bonds. The molecule has 0 bridgehead atoms. The molecular formula is C34H68O13. The van der Waals surface area contributed by atoms with Crippen LogP contribution in [0.4, 0.5) is 0 Å². The van der Waals surface area contributed by atoms with Crippen LogP contribution in [0.2, 0.25) is 0 Å². The molecule has 0 spiro atoms. The highest BCUT2D eigenvalue weighted by molar-refractivity contribution is 5.71. The molecule has 13 nitrogen and oxygen atoms in total. The van der Waals surface area contributed by atoms with Crippen molar-refractivity contribution in [1.82, 2.24) is 0 Å². The first-order valence-electron chi connectivity index (χ1n) is 17.5. The van der Waals surface area contributed by atoms with E-state index in [2.05, 4.69) is 6.92 Å². The Hall–Kier alpha value is -0.970. The van der Waals surface area contributed by atoms with Crippen LogP contribution < -0.4 is 0 Å². The van der Waals surface area contributed by atoms with Gasteiger partial charge in [0.05, 0.1) is 132 Å². The van der Waals surface area contributed by atoms with Gasteiger partial charge in [-0.05, 0) is 27.2 Å². The summed E-state index contributed by atoms with van der Waals surface area (Å²) < 4.78 is 65.2. The SMILES string of the molecule is CCCCCCCCOCCOCCOCCOCCOCCOCCOCCOCCOCCOCCOCC(=O)OC(C)(C)C. The van der Waals surface area contributed by atoms with E-state index in [9.17, 15) is 4.79 Å². The molecule has 0 aromatic rings. The molecule has 13 heteroatoms. The van der Waals surface area contributed by atoms with Crippen molar-refractivity contribution in [1.29, 1.82) is 0 Å². The Kier molecular flexibility index (Phi) is 37.1. The van der Waals surface area contributed by atoms with Gasteiger partial charge in [0.25, 0.3) is 0 Å². The minimum Gasteiger partial charge on any atom is -0.458 e. The van der Waals surface area contributed by atoms with Gasteiger partial charge in [0, 0.05) is 6.61 Å². The van der Waals surface area contributed by atoms with E-state index in [4.69, 9.17) is 56.8 Å². The third kappa shape index (κ3) is 43.0. The van der Waals surface area contributed by atoms with Crippen LogP contribution in [0.5, 0.6) is 0 Å². The quantitative estimate of drug-likeness (QED) is 0.0687. The Labute approximate surface area is 284 Å². The average molecular weight is 685 g/mol. The zero-order valence-corrected chi connectivity index (χ0v) is 30.1. The number of hydrogen-bond acceptors (Lipinski definition) is 13. The smallest absolute Gasteiger partial charge is 0.332 e. The van der Waals surface area contributed by atoms with Crippen LogP contribution in [0.15, 0.2) is 0 Å². The zero-order valence-electron chi connectivity index (χ0n) is 30.1. The first-order valence-corrected chi connectivity index (χ1v) is 17.5. The zero-order chi connectivity index (χ0) is 34.4. The molecule has 0 fully saturated rings. The normalized spacial score (nSPS) is 11.8. The predicted molar refractivity (Wildman–Crippen MR) is 178 cm³/mol. The minimum absolute atomic E-state index is 0.0807. The number of unbranched alkanes of at least 4 members (excludes halogenated alkanes) is 5. The molecule has 0 aromatic heterocycles. The topological polar surface area (TPSA) is 128 Å². The Bertz CT molecular complexity index is 619. The fraction of sp³-hybridized carbons (Fsp3) is 0.971. The molecule has 0 saturated carbocycles. The summed E-state index contributed by atoms with van der Waals surface area (Å²) in [4.78, 5) is 11.5. The van der Waals surface area contributed by atoms with Gasteiger partial charge in [-0.2, -0.15) is 0 Å². The largest absolute Gasteiger partial charge is 0.458 e. The first-order chi connectivity index (χ1) is 23.0. The summed E-state index contributed by atoms with van der Waals surface area (Å²) in [7, 11) is 0. The first kappa shape index (κ1) is 46.0. The van der Waals surface area contributed by atoms with Crippen molar-refractivity contribution < 1.29 is 61.6 Å². The van der Waals surface area contributed by atoms with Gasteiger partial charge in [-0.1, -0.05) is 39.0 Å². The Morgan fingerprint density at radius 2 is 0.617 bits per heavy atom. The van der Waals surface area contributed by atoms with Gasteiger partial charge >= 0.3 is 5.97 Å². The Balaban J connectivity index is 3.09. The van der Waals surface area contributed by atoms with E-state index in [0.717, 1.165) is 13.0 Å². The van der Waals surface area contributed by atoms with Crippen LogP contribution in [-0.2, 0) is 61.6 Å². The second kappa shape index (κ2) is 37.8. The molecule has 0 rings (SSSR count). The van der Waals surface area contributed by atoms with Gasteiger partial charge in [0.1, 0.15) is 12.2 Å². The molecule has 0 N–H and O–H groups in total. The molecular weight excluding hydrogens is 616 g/mol. The standard InChI is InChI=1S/C34H68O13/c1-5-6-7-8-9-10-11-36-12-13-37-14-15-38-16-17-39-18-19-40-20-21-41-22-23-42-24-25-43-26-27-44-28-29-45-30-31-46-32-33(35)47-34(2,3)4/h5-32H2,1-4H3. The highest BCUT2D eigenvalue weighted by Crippen LogP contribution is 2.07. The number of carbonyl (C=O) groups is 1. The highest BCUT2D eigenvalue weighted by atomic mass is 16.6. The maximum Gasteiger partial charge on any atom is 0.332 e. The van der Waals surface area contributed by atoms with Gasteiger partial charge in [-0.15, -0.1) is 0 Å². The maximum absolute atomic E-state index is 11.5. The second-order valence-electron chi connectivity index (χ2n) is 11.5. The van der Waals surface area contributed by atoms with Gasteiger partial charge in [-0.3, -0.25) is 0 Å². The van der Waals surface area contributed by atoms with E-state index < -0.39 is 5.60 Å². The summed E-state index contributed by atoms with van der Waals surface area (Å²) in [5.41, 5.74) is -0.509. The maximum atomic E-state index is 11.5. The van der Waals surface area contributed by atoms with Crippen molar-refractivity contribution in [3.05, 3.63) is 0 Å². The molecule has 0 saturated heterocycles. The summed E-state index contributed by atoms with van der Waals surface area (Å²) in [5, 5.41) is 0. The van der Waals surface area contributed by atoms with Crippen molar-refractivity contribution in [3.8, 4) is 0 Å². The van der Waals surface area contributed by atoms with E-state index >= 15 is 0 Å². The van der Waals surface area contributed by atoms with E-state index in [-0.39, 0.29) is 12.6 Å². The summed E-state index contributed by atoms with van der Waals surface area (Å²) in [6.45, 7) is 18.5. The molecule has 0 aliphatic rings. The van der Waals surface area contributed by atoms with Crippen molar-refractivity contribution in [2.45, 2.75) is 71.8 Å². The molecule has 0 aliphatic heterocycles. The minimum atomic E-state index is -0.509. The predicted octanol–water partition coefficient (Wildman–Crippen LogP) is 3.87. The molecule has 0 heterocycles. The van der Waals surface area contributed by atoms with Crippen LogP contribution in [-0.4, -0.2) is 157 Å². The monoisotopic (exact) mass is 684 g/mol. The summed E-state index contributed by atoms with van der Waals surface area (Å²) >= 11 is 0. The van der Waals surface area contributed by atoms with Crippen molar-refractivity contribution in [2.75, 3.05) is 145 Å². The molecule has 0 aliphatic carbocycles. The van der Waals surface area contributed by atoms with Crippen LogP contribution in [0.1, 0.15) is 66.2 Å². The van der Waals surface area contributed by atoms with Gasteiger partial charge in [0.15, 0.2) is 0 Å². The van der Waals surface area contributed by atoms with E-state index in [1.807, 2.05) is 20.8 Å². The number of carbonyl (C=O) groups excluding carboxylic acids is 1. The van der Waals surface area contributed by atoms with Gasteiger partial charge < -0.3 is 56.8 Å². The fourth-order valence-corrected chi connectivity index (χ4v) is 3.71. The average Bonchev–Trinajstić information content (AvgIpc) is 3.03. The van der Waals surface area contributed by atoms with Crippen molar-refractivity contribution >= 4 is 5.97 Å². The summed E-state index contributed by atoms with van der Waals surface area (Å²) in [6, 6.07) is 0. The third-order valence-electron chi connectivity index (χ3n) is 6.00. The van der Waals surface area contributed by atoms with Crippen LogP contribution in [0.25, 0.3) is 0 Å². The van der Waals surface area contributed by atoms with Crippen LogP contribution in [0, 0.1) is 0 Å². The molecule has 0 unspecified atom stereocenters. The lowest BCUT2D eigenvalue weighted by molar-refractivity contribution is -0.160. The Morgan fingerprint density at radius 3 is 0.915 bits per heavy atom. The molecule has 0 aromatic carbocycles. The van der Waals surface area contributed by atoms with E-state index in [0.29, 0.717) is 132 Å². The number of rotatable bonds is 39. The highest BCUT2D eigenvalue weighted by Gasteiger charge is 2.15. The fourth-order valence-electron chi connectivity index (χ4n) is 3.71. The number of ether oxygens (including phenoxy) is 12. The van der Waals surface area contributed by atoms with Gasteiger partial charge in [-0.25, -0.2) is 4.79 Å². The van der Waals surface area contributed by atoms with Crippen LogP contribution >= 0.6 is 0 Å². The molecule has 0 atom stereocenters. The second-order valence-corrected chi connectivity index (χ2v) is 11.5. The van der Waals surface area contributed by atoms with Crippen LogP contribution in [0.3, 0.4) is 0 Å². The van der Waals surface area contributed by atoms with E-state index in [1.165, 1.54) is 32.1 Å².